The minimum Gasteiger partial charge on any atom is -0.351 e. The van der Waals surface area contributed by atoms with E-state index in [1.165, 1.54) is 31.3 Å². The highest BCUT2D eigenvalue weighted by Crippen LogP contribution is 2.27. The Balaban J connectivity index is 1.83. The highest BCUT2D eigenvalue weighted by Gasteiger charge is 2.32. The van der Waals surface area contributed by atoms with E-state index in [0.717, 1.165) is 56.1 Å². The zero-order valence-electron chi connectivity index (χ0n) is 18.9. The fourth-order valence-electron chi connectivity index (χ4n) is 4.80. The third-order valence-electron chi connectivity index (χ3n) is 6.65. The van der Waals surface area contributed by atoms with Gasteiger partial charge in [0.1, 0.15) is 11.9 Å². The minimum atomic E-state index is -0.640. The van der Waals surface area contributed by atoms with E-state index in [0.29, 0.717) is 6.54 Å². The Hall–Kier alpha value is -1.81. The Morgan fingerprint density at radius 2 is 1.77 bits per heavy atom. The Bertz CT molecular complexity index is 751. The van der Waals surface area contributed by atoms with E-state index >= 15 is 0 Å². The van der Waals surface area contributed by atoms with Crippen LogP contribution in [-0.2, 0) is 9.59 Å². The summed E-state index contributed by atoms with van der Waals surface area (Å²) >= 11 is 6.01. The normalized spacial score (nSPS) is 18.6. The fraction of sp³-hybridized carbons (Fsp3) is 0.615. The molecule has 5 heteroatoms. The van der Waals surface area contributed by atoms with Crippen molar-refractivity contribution >= 4 is 23.4 Å². The number of hydrogen-bond donors (Lipinski definition) is 1. The molecule has 3 rings (SSSR count). The number of nitrogens with zero attached hydrogens (tertiary/aromatic N) is 1. The SMILES string of the molecule is Cc1ccc(C(C(=O)NC2CCCCCC2)N(CCC2=CCCCC2)C(=O)CCl)cc1. The molecule has 2 amide bonds. The molecule has 0 aromatic heterocycles. The lowest BCUT2D eigenvalue weighted by Crippen LogP contribution is -2.47. The molecular formula is C26H37ClN2O2. The summed E-state index contributed by atoms with van der Waals surface area (Å²) in [5.74, 6) is -0.371. The zero-order chi connectivity index (χ0) is 22.1. The summed E-state index contributed by atoms with van der Waals surface area (Å²) in [6, 6.07) is 7.52. The second-order valence-corrected chi connectivity index (χ2v) is 9.36. The van der Waals surface area contributed by atoms with E-state index in [1.54, 1.807) is 4.90 Å². The van der Waals surface area contributed by atoms with Crippen LogP contribution < -0.4 is 5.32 Å². The van der Waals surface area contributed by atoms with Gasteiger partial charge < -0.3 is 10.2 Å². The molecule has 170 valence electrons. The van der Waals surface area contributed by atoms with Crippen LogP contribution in [0.4, 0.5) is 0 Å². The molecule has 1 aromatic rings. The first-order valence-corrected chi connectivity index (χ1v) is 12.5. The standard InChI is InChI=1S/C26H37ClN2O2/c1-20-13-15-22(16-14-20)25(26(31)28-23-11-7-2-3-8-12-23)29(24(30)19-27)18-17-21-9-5-4-6-10-21/h9,13-16,23,25H,2-8,10-12,17-19H2,1H3,(H,28,31). The number of rotatable bonds is 8. The van der Waals surface area contributed by atoms with Crippen LogP contribution in [-0.4, -0.2) is 35.2 Å². The van der Waals surface area contributed by atoms with Gasteiger partial charge in [-0.2, -0.15) is 0 Å². The average molecular weight is 445 g/mol. The molecule has 1 fully saturated rings. The maximum Gasteiger partial charge on any atom is 0.247 e. The molecule has 0 radical (unpaired) electrons. The van der Waals surface area contributed by atoms with E-state index in [9.17, 15) is 9.59 Å². The van der Waals surface area contributed by atoms with Crippen LogP contribution in [0.15, 0.2) is 35.9 Å². The van der Waals surface area contributed by atoms with Gasteiger partial charge in [-0.15, -0.1) is 11.6 Å². The Labute approximate surface area is 192 Å². The number of amides is 2. The molecule has 1 atom stereocenters. The van der Waals surface area contributed by atoms with Gasteiger partial charge in [0.2, 0.25) is 11.8 Å². The first-order valence-electron chi connectivity index (χ1n) is 12.0. The van der Waals surface area contributed by atoms with E-state index < -0.39 is 6.04 Å². The van der Waals surface area contributed by atoms with Gasteiger partial charge in [-0.3, -0.25) is 9.59 Å². The molecule has 4 nitrogen and oxygen atoms in total. The number of carbonyl (C=O) groups excluding carboxylic acids is 2. The van der Waals surface area contributed by atoms with Crippen LogP contribution in [0.1, 0.15) is 87.8 Å². The van der Waals surface area contributed by atoms with E-state index in [4.69, 9.17) is 11.6 Å². The second-order valence-electron chi connectivity index (χ2n) is 9.09. The summed E-state index contributed by atoms with van der Waals surface area (Å²) < 4.78 is 0. The van der Waals surface area contributed by atoms with Gasteiger partial charge in [-0.05, 0) is 57.4 Å². The van der Waals surface area contributed by atoms with Gasteiger partial charge >= 0.3 is 0 Å². The van der Waals surface area contributed by atoms with Gasteiger partial charge in [-0.25, -0.2) is 0 Å². The summed E-state index contributed by atoms with van der Waals surface area (Å²) in [5, 5.41) is 3.28. The number of carbonyl (C=O) groups is 2. The lowest BCUT2D eigenvalue weighted by Gasteiger charge is -2.33. The van der Waals surface area contributed by atoms with Crippen LogP contribution in [0.5, 0.6) is 0 Å². The van der Waals surface area contributed by atoms with Crippen molar-refractivity contribution in [3.63, 3.8) is 0 Å². The average Bonchev–Trinajstić information content (AvgIpc) is 3.06. The maximum atomic E-state index is 13.6. The van der Waals surface area contributed by atoms with Crippen molar-refractivity contribution in [2.75, 3.05) is 12.4 Å². The van der Waals surface area contributed by atoms with Gasteiger partial charge in [0.05, 0.1) is 0 Å². The first-order chi connectivity index (χ1) is 15.1. The third kappa shape index (κ3) is 7.10. The minimum absolute atomic E-state index is 0.0770. The molecule has 1 unspecified atom stereocenters. The molecule has 31 heavy (non-hydrogen) atoms. The molecular weight excluding hydrogens is 408 g/mol. The van der Waals surface area contributed by atoms with Crippen molar-refractivity contribution in [3.05, 3.63) is 47.0 Å². The van der Waals surface area contributed by atoms with Crippen molar-refractivity contribution in [1.82, 2.24) is 10.2 Å². The van der Waals surface area contributed by atoms with Crippen LogP contribution in [0.25, 0.3) is 0 Å². The Morgan fingerprint density at radius 3 is 2.39 bits per heavy atom. The van der Waals surface area contributed by atoms with Crippen LogP contribution in [0, 0.1) is 6.92 Å². The zero-order valence-corrected chi connectivity index (χ0v) is 19.6. The number of nitrogens with one attached hydrogen (secondary N) is 1. The van der Waals surface area contributed by atoms with Crippen molar-refractivity contribution in [3.8, 4) is 0 Å². The number of hydrogen-bond acceptors (Lipinski definition) is 2. The van der Waals surface area contributed by atoms with Crippen LogP contribution in [0.3, 0.4) is 0 Å². The molecule has 2 aliphatic rings. The van der Waals surface area contributed by atoms with Gasteiger partial charge in [0.25, 0.3) is 0 Å². The number of aryl methyl sites for hydroxylation is 1. The molecule has 1 aromatic carbocycles. The molecule has 0 saturated heterocycles. The van der Waals surface area contributed by atoms with Crippen LogP contribution in [0.2, 0.25) is 0 Å². The molecule has 2 aliphatic carbocycles. The van der Waals surface area contributed by atoms with Gasteiger partial charge in [0, 0.05) is 12.6 Å². The monoisotopic (exact) mass is 444 g/mol. The lowest BCUT2D eigenvalue weighted by atomic mass is 9.96. The summed E-state index contributed by atoms with van der Waals surface area (Å²) in [5.41, 5.74) is 3.38. The Morgan fingerprint density at radius 1 is 1.06 bits per heavy atom. The molecule has 0 heterocycles. The number of alkyl halides is 1. The summed E-state index contributed by atoms with van der Waals surface area (Å²) in [7, 11) is 0. The van der Waals surface area contributed by atoms with Gasteiger partial charge in [-0.1, -0.05) is 67.2 Å². The molecule has 0 aliphatic heterocycles. The lowest BCUT2D eigenvalue weighted by molar-refractivity contribution is -0.139. The van der Waals surface area contributed by atoms with E-state index in [2.05, 4.69) is 11.4 Å². The Kier molecular flexibility index (Phi) is 9.45. The molecule has 1 N–H and O–H groups in total. The quantitative estimate of drug-likeness (QED) is 0.311. The second kappa shape index (κ2) is 12.3. The molecule has 0 spiro atoms. The number of benzene rings is 1. The smallest absolute Gasteiger partial charge is 0.247 e. The van der Waals surface area contributed by atoms with Crippen molar-refractivity contribution in [2.45, 2.75) is 89.6 Å². The van der Waals surface area contributed by atoms with Crippen molar-refractivity contribution < 1.29 is 9.59 Å². The predicted octanol–water partition coefficient (Wildman–Crippen LogP) is 5.83. The maximum absolute atomic E-state index is 13.6. The molecule has 0 bridgehead atoms. The highest BCUT2D eigenvalue weighted by atomic mass is 35.5. The number of halogens is 1. The van der Waals surface area contributed by atoms with E-state index in [1.807, 2.05) is 31.2 Å². The first kappa shape index (κ1) is 23.8. The topological polar surface area (TPSA) is 49.4 Å². The summed E-state index contributed by atoms with van der Waals surface area (Å²) in [4.78, 5) is 28.2. The largest absolute Gasteiger partial charge is 0.351 e. The van der Waals surface area contributed by atoms with Crippen molar-refractivity contribution in [2.24, 2.45) is 0 Å². The highest BCUT2D eigenvalue weighted by molar-refractivity contribution is 6.27. The summed E-state index contributed by atoms with van der Waals surface area (Å²) in [6.07, 6.45) is 14.6. The van der Waals surface area contributed by atoms with Crippen molar-refractivity contribution in [1.29, 1.82) is 0 Å². The van der Waals surface area contributed by atoms with Crippen LogP contribution >= 0.6 is 11.6 Å². The molecule has 1 saturated carbocycles. The number of allylic oxidation sites excluding steroid dienone is 1. The third-order valence-corrected chi connectivity index (χ3v) is 6.88. The van der Waals surface area contributed by atoms with E-state index in [-0.39, 0.29) is 23.7 Å². The van der Waals surface area contributed by atoms with Gasteiger partial charge in [0.15, 0.2) is 0 Å². The predicted molar refractivity (Wildman–Crippen MR) is 127 cm³/mol. The fourth-order valence-corrected chi connectivity index (χ4v) is 4.95. The summed E-state index contributed by atoms with van der Waals surface area (Å²) in [6.45, 7) is 2.55.